The van der Waals surface area contributed by atoms with Crippen molar-refractivity contribution < 1.29 is 9.59 Å². The molecule has 126 valence electrons. The molecule has 2 amide bonds. The van der Waals surface area contributed by atoms with Gasteiger partial charge >= 0.3 is 0 Å². The molecule has 1 aromatic carbocycles. The van der Waals surface area contributed by atoms with E-state index in [1.54, 1.807) is 4.90 Å². The van der Waals surface area contributed by atoms with Crippen molar-refractivity contribution in [2.75, 3.05) is 13.1 Å². The molecule has 1 aliphatic rings. The van der Waals surface area contributed by atoms with Crippen LogP contribution in [0.15, 0.2) is 30.3 Å². The lowest BCUT2D eigenvalue weighted by Crippen LogP contribution is -2.44. The van der Waals surface area contributed by atoms with E-state index in [2.05, 4.69) is 18.8 Å². The molecule has 0 aliphatic carbocycles. The third kappa shape index (κ3) is 3.11. The van der Waals surface area contributed by atoms with Crippen molar-refractivity contribution in [1.29, 1.82) is 0 Å². The van der Waals surface area contributed by atoms with Gasteiger partial charge in [0.15, 0.2) is 0 Å². The van der Waals surface area contributed by atoms with Gasteiger partial charge < -0.3 is 10.6 Å². The SMILES string of the molecule is CC(C)c1cc(C(=O)N2CCCC(C(N)=O)C2)c2ccccc2n1. The first-order valence-corrected chi connectivity index (χ1v) is 8.45. The van der Waals surface area contributed by atoms with E-state index in [9.17, 15) is 9.59 Å². The maximum atomic E-state index is 13.1. The number of fused-ring (bicyclic) bond motifs is 1. The molecule has 3 rings (SSSR count). The van der Waals surface area contributed by atoms with Gasteiger partial charge in [-0.1, -0.05) is 32.0 Å². The highest BCUT2D eigenvalue weighted by Gasteiger charge is 2.28. The summed E-state index contributed by atoms with van der Waals surface area (Å²) in [6.45, 7) is 5.20. The Bertz CT molecular complexity index is 785. The van der Waals surface area contributed by atoms with Gasteiger partial charge in [-0.05, 0) is 30.9 Å². The van der Waals surface area contributed by atoms with E-state index >= 15 is 0 Å². The first kappa shape index (κ1) is 16.4. The Morgan fingerprint density at radius 3 is 2.75 bits per heavy atom. The summed E-state index contributed by atoms with van der Waals surface area (Å²) in [6, 6.07) is 9.59. The highest BCUT2D eigenvalue weighted by Crippen LogP contribution is 2.25. The topological polar surface area (TPSA) is 76.3 Å². The fourth-order valence-electron chi connectivity index (χ4n) is 3.23. The molecule has 24 heavy (non-hydrogen) atoms. The predicted octanol–water partition coefficient (Wildman–Crippen LogP) is 2.70. The number of amides is 2. The van der Waals surface area contributed by atoms with Crippen molar-refractivity contribution in [3.8, 4) is 0 Å². The quantitative estimate of drug-likeness (QED) is 0.942. The molecule has 1 unspecified atom stereocenters. The largest absolute Gasteiger partial charge is 0.369 e. The zero-order chi connectivity index (χ0) is 17.3. The number of piperidine rings is 1. The summed E-state index contributed by atoms with van der Waals surface area (Å²) in [5.41, 5.74) is 7.83. The van der Waals surface area contributed by atoms with Gasteiger partial charge in [0, 0.05) is 24.2 Å². The lowest BCUT2D eigenvalue weighted by Gasteiger charge is -2.31. The Morgan fingerprint density at radius 1 is 1.29 bits per heavy atom. The number of likely N-dealkylation sites (tertiary alicyclic amines) is 1. The van der Waals surface area contributed by atoms with E-state index in [1.807, 2.05) is 30.3 Å². The summed E-state index contributed by atoms with van der Waals surface area (Å²) in [5, 5.41) is 0.855. The number of hydrogen-bond donors (Lipinski definition) is 1. The smallest absolute Gasteiger partial charge is 0.254 e. The molecule has 1 atom stereocenters. The summed E-state index contributed by atoms with van der Waals surface area (Å²) in [7, 11) is 0. The fourth-order valence-corrected chi connectivity index (χ4v) is 3.23. The maximum absolute atomic E-state index is 13.1. The van der Waals surface area contributed by atoms with Crippen LogP contribution in [0.1, 0.15) is 48.7 Å². The van der Waals surface area contributed by atoms with E-state index in [4.69, 9.17) is 5.73 Å². The highest BCUT2D eigenvalue weighted by atomic mass is 16.2. The van der Waals surface area contributed by atoms with Gasteiger partial charge in [0.2, 0.25) is 5.91 Å². The molecule has 0 spiro atoms. The summed E-state index contributed by atoms with van der Waals surface area (Å²) in [6.07, 6.45) is 1.56. The van der Waals surface area contributed by atoms with Crippen LogP contribution in [0.2, 0.25) is 0 Å². The van der Waals surface area contributed by atoms with Gasteiger partial charge in [0.05, 0.1) is 17.0 Å². The van der Waals surface area contributed by atoms with Gasteiger partial charge in [-0.2, -0.15) is 0 Å². The Kier molecular flexibility index (Phi) is 4.51. The summed E-state index contributed by atoms with van der Waals surface area (Å²) < 4.78 is 0. The Labute approximate surface area is 141 Å². The van der Waals surface area contributed by atoms with Gasteiger partial charge in [-0.15, -0.1) is 0 Å². The number of nitrogens with zero attached hydrogens (tertiary/aromatic N) is 2. The molecule has 0 radical (unpaired) electrons. The molecule has 1 saturated heterocycles. The first-order chi connectivity index (χ1) is 11.5. The van der Waals surface area contributed by atoms with E-state index in [-0.39, 0.29) is 23.7 Å². The van der Waals surface area contributed by atoms with E-state index in [0.717, 1.165) is 29.4 Å². The molecule has 5 nitrogen and oxygen atoms in total. The third-order valence-corrected chi connectivity index (χ3v) is 4.67. The molecule has 5 heteroatoms. The molecule has 1 aromatic heterocycles. The van der Waals surface area contributed by atoms with Gasteiger partial charge in [0.1, 0.15) is 0 Å². The van der Waals surface area contributed by atoms with E-state index in [1.165, 1.54) is 0 Å². The number of para-hydroxylation sites is 1. The van der Waals surface area contributed by atoms with Gasteiger partial charge in [-0.25, -0.2) is 0 Å². The van der Waals surface area contributed by atoms with Crippen molar-refractivity contribution in [1.82, 2.24) is 9.88 Å². The second-order valence-corrected chi connectivity index (χ2v) is 6.76. The van der Waals surface area contributed by atoms with Crippen molar-refractivity contribution >= 4 is 22.7 Å². The number of primary amides is 1. The van der Waals surface area contributed by atoms with Crippen molar-refractivity contribution in [2.45, 2.75) is 32.6 Å². The molecular formula is C19H23N3O2. The minimum absolute atomic E-state index is 0.0403. The number of pyridine rings is 1. The second-order valence-electron chi connectivity index (χ2n) is 6.76. The molecule has 2 N–H and O–H groups in total. The number of benzene rings is 1. The fraction of sp³-hybridized carbons (Fsp3) is 0.421. The van der Waals surface area contributed by atoms with Crippen LogP contribution in [-0.2, 0) is 4.79 Å². The minimum atomic E-state index is -0.324. The minimum Gasteiger partial charge on any atom is -0.369 e. The average molecular weight is 325 g/mol. The van der Waals surface area contributed by atoms with Crippen LogP contribution in [0.4, 0.5) is 0 Å². The van der Waals surface area contributed by atoms with Crippen LogP contribution >= 0.6 is 0 Å². The number of carbonyl (C=O) groups excluding carboxylic acids is 2. The van der Waals surface area contributed by atoms with Crippen LogP contribution in [-0.4, -0.2) is 34.8 Å². The molecule has 1 fully saturated rings. The molecule has 2 heterocycles. The van der Waals surface area contributed by atoms with E-state index < -0.39 is 0 Å². The van der Waals surface area contributed by atoms with Crippen molar-refractivity contribution in [2.24, 2.45) is 11.7 Å². The zero-order valence-corrected chi connectivity index (χ0v) is 14.2. The van der Waals surface area contributed by atoms with E-state index in [0.29, 0.717) is 18.7 Å². The summed E-state index contributed by atoms with van der Waals surface area (Å²) in [4.78, 5) is 31.0. The average Bonchev–Trinajstić information content (AvgIpc) is 2.60. The molecule has 1 aliphatic heterocycles. The van der Waals surface area contributed by atoms with Crippen molar-refractivity contribution in [3.05, 3.63) is 41.6 Å². The number of rotatable bonds is 3. The maximum Gasteiger partial charge on any atom is 0.254 e. The Morgan fingerprint density at radius 2 is 2.04 bits per heavy atom. The second kappa shape index (κ2) is 6.59. The normalized spacial score (nSPS) is 18.1. The Balaban J connectivity index is 2.01. The van der Waals surface area contributed by atoms with Gasteiger partial charge in [-0.3, -0.25) is 14.6 Å². The third-order valence-electron chi connectivity index (χ3n) is 4.67. The summed E-state index contributed by atoms with van der Waals surface area (Å²) >= 11 is 0. The lowest BCUT2D eigenvalue weighted by atomic mass is 9.96. The van der Waals surface area contributed by atoms with Crippen LogP contribution in [0.25, 0.3) is 10.9 Å². The van der Waals surface area contributed by atoms with Crippen LogP contribution in [0.5, 0.6) is 0 Å². The van der Waals surface area contributed by atoms with Crippen LogP contribution in [0.3, 0.4) is 0 Å². The molecule has 2 aromatic rings. The number of hydrogen-bond acceptors (Lipinski definition) is 3. The number of aromatic nitrogens is 1. The zero-order valence-electron chi connectivity index (χ0n) is 14.2. The Hall–Kier alpha value is -2.43. The van der Waals surface area contributed by atoms with Crippen molar-refractivity contribution in [3.63, 3.8) is 0 Å². The predicted molar refractivity (Wildman–Crippen MR) is 93.7 cm³/mol. The lowest BCUT2D eigenvalue weighted by molar-refractivity contribution is -0.123. The monoisotopic (exact) mass is 325 g/mol. The highest BCUT2D eigenvalue weighted by molar-refractivity contribution is 6.06. The van der Waals surface area contributed by atoms with Crippen LogP contribution < -0.4 is 5.73 Å². The number of nitrogens with two attached hydrogens (primary N) is 1. The summed E-state index contributed by atoms with van der Waals surface area (Å²) in [5.74, 6) is -0.377. The molecule has 0 bridgehead atoms. The standard InChI is InChI=1S/C19H23N3O2/c1-12(2)17-10-15(14-7-3-4-8-16(14)21-17)19(24)22-9-5-6-13(11-22)18(20)23/h3-4,7-8,10,12-13H,5-6,9,11H2,1-2H3,(H2,20,23). The van der Waals surface area contributed by atoms with Gasteiger partial charge in [0.25, 0.3) is 5.91 Å². The molecular weight excluding hydrogens is 302 g/mol. The molecule has 0 saturated carbocycles. The number of carbonyl (C=O) groups is 2. The van der Waals surface area contributed by atoms with Crippen LogP contribution in [0, 0.1) is 5.92 Å². The first-order valence-electron chi connectivity index (χ1n) is 8.45.